The van der Waals surface area contributed by atoms with E-state index < -0.39 is 0 Å². The van der Waals surface area contributed by atoms with E-state index in [4.69, 9.17) is 4.74 Å². The molecule has 1 fully saturated rings. The molecule has 0 radical (unpaired) electrons. The van der Waals surface area contributed by atoms with E-state index in [0.29, 0.717) is 6.10 Å². The van der Waals surface area contributed by atoms with E-state index in [1.54, 1.807) is 0 Å². The van der Waals surface area contributed by atoms with Gasteiger partial charge in [-0.2, -0.15) is 5.10 Å². The van der Waals surface area contributed by atoms with Crippen LogP contribution < -0.4 is 0 Å². The standard InChI is InChI=1S/C9H13IN2O/c1-12-5-4-8(11-12)9-3-2-7(6-10)13-9/h4-5,7,9H,2-3,6H2,1H3. The van der Waals surface area contributed by atoms with E-state index >= 15 is 0 Å². The molecular weight excluding hydrogens is 279 g/mol. The van der Waals surface area contributed by atoms with Gasteiger partial charge in [-0.3, -0.25) is 4.68 Å². The fourth-order valence-electron chi connectivity index (χ4n) is 1.64. The van der Waals surface area contributed by atoms with Crippen molar-refractivity contribution in [3.63, 3.8) is 0 Å². The largest absolute Gasteiger partial charge is 0.368 e. The summed E-state index contributed by atoms with van der Waals surface area (Å²) < 4.78 is 8.74. The number of alkyl halides is 1. The number of rotatable bonds is 2. The molecule has 2 atom stereocenters. The Labute approximate surface area is 91.6 Å². The SMILES string of the molecule is Cn1ccc(C2CCC(CI)O2)n1. The maximum atomic E-state index is 5.83. The first kappa shape index (κ1) is 9.45. The first-order chi connectivity index (χ1) is 6.29. The summed E-state index contributed by atoms with van der Waals surface area (Å²) >= 11 is 2.37. The van der Waals surface area contributed by atoms with Crippen LogP contribution in [0.5, 0.6) is 0 Å². The van der Waals surface area contributed by atoms with Gasteiger partial charge in [-0.1, -0.05) is 22.6 Å². The van der Waals surface area contributed by atoms with Gasteiger partial charge in [0.1, 0.15) is 6.10 Å². The van der Waals surface area contributed by atoms with Crippen LogP contribution in [0.25, 0.3) is 0 Å². The van der Waals surface area contributed by atoms with Crippen molar-refractivity contribution in [1.82, 2.24) is 9.78 Å². The Morgan fingerprint density at radius 1 is 1.69 bits per heavy atom. The molecule has 0 saturated carbocycles. The van der Waals surface area contributed by atoms with Crippen LogP contribution in [-0.2, 0) is 11.8 Å². The van der Waals surface area contributed by atoms with Gasteiger partial charge in [0.2, 0.25) is 0 Å². The van der Waals surface area contributed by atoms with Crippen LogP contribution in [0.3, 0.4) is 0 Å². The molecule has 13 heavy (non-hydrogen) atoms. The second kappa shape index (κ2) is 3.96. The van der Waals surface area contributed by atoms with Gasteiger partial charge in [0, 0.05) is 17.7 Å². The van der Waals surface area contributed by atoms with Crippen molar-refractivity contribution in [3.8, 4) is 0 Å². The molecule has 0 bridgehead atoms. The Morgan fingerprint density at radius 3 is 3.08 bits per heavy atom. The highest BCUT2D eigenvalue weighted by molar-refractivity contribution is 14.1. The normalized spacial score (nSPS) is 28.2. The number of halogens is 1. The molecule has 0 spiro atoms. The molecular formula is C9H13IN2O. The predicted octanol–water partition coefficient (Wildman–Crippen LogP) is 2.08. The number of nitrogens with zero attached hydrogens (tertiary/aromatic N) is 2. The highest BCUT2D eigenvalue weighted by Gasteiger charge is 2.26. The van der Waals surface area contributed by atoms with E-state index in [2.05, 4.69) is 27.7 Å². The van der Waals surface area contributed by atoms with Crippen molar-refractivity contribution in [3.05, 3.63) is 18.0 Å². The highest BCUT2D eigenvalue weighted by atomic mass is 127. The summed E-state index contributed by atoms with van der Waals surface area (Å²) in [4.78, 5) is 0. The van der Waals surface area contributed by atoms with Gasteiger partial charge in [0.15, 0.2) is 0 Å². The molecule has 0 aromatic carbocycles. The van der Waals surface area contributed by atoms with E-state index in [-0.39, 0.29) is 6.10 Å². The molecule has 1 aromatic rings. The Kier molecular flexibility index (Phi) is 2.88. The lowest BCUT2D eigenvalue weighted by Crippen LogP contribution is -2.07. The van der Waals surface area contributed by atoms with Gasteiger partial charge in [0.25, 0.3) is 0 Å². The Hall–Kier alpha value is -0.100. The molecule has 0 amide bonds. The van der Waals surface area contributed by atoms with Crippen LogP contribution >= 0.6 is 22.6 Å². The van der Waals surface area contributed by atoms with Gasteiger partial charge in [-0.05, 0) is 18.9 Å². The summed E-state index contributed by atoms with van der Waals surface area (Å²) in [6.07, 6.45) is 4.93. The maximum absolute atomic E-state index is 5.83. The third kappa shape index (κ3) is 2.04. The van der Waals surface area contributed by atoms with E-state index in [0.717, 1.165) is 16.5 Å². The lowest BCUT2D eigenvalue weighted by molar-refractivity contribution is 0.0568. The Bertz CT molecular complexity index is 287. The summed E-state index contributed by atoms with van der Waals surface area (Å²) in [7, 11) is 1.94. The summed E-state index contributed by atoms with van der Waals surface area (Å²) in [5.74, 6) is 0. The topological polar surface area (TPSA) is 27.1 Å². The van der Waals surface area contributed by atoms with Gasteiger partial charge in [-0.15, -0.1) is 0 Å². The monoisotopic (exact) mass is 292 g/mol. The molecule has 0 aliphatic carbocycles. The molecule has 4 heteroatoms. The molecule has 3 nitrogen and oxygen atoms in total. The van der Waals surface area contributed by atoms with E-state index in [1.807, 2.05) is 24.0 Å². The third-order valence-corrected chi connectivity index (χ3v) is 3.33. The second-order valence-corrected chi connectivity index (χ2v) is 4.27. The maximum Gasteiger partial charge on any atom is 0.102 e. The molecule has 1 saturated heterocycles. The van der Waals surface area contributed by atoms with Crippen molar-refractivity contribution in [2.45, 2.75) is 25.0 Å². The first-order valence-electron chi connectivity index (χ1n) is 4.50. The molecule has 2 heterocycles. The molecule has 1 aliphatic rings. The Morgan fingerprint density at radius 2 is 2.54 bits per heavy atom. The fourth-order valence-corrected chi connectivity index (χ4v) is 2.29. The predicted molar refractivity (Wildman–Crippen MR) is 58.9 cm³/mol. The van der Waals surface area contributed by atoms with E-state index in [9.17, 15) is 0 Å². The summed E-state index contributed by atoms with van der Waals surface area (Å²) in [6, 6.07) is 2.04. The number of aryl methyl sites for hydroxylation is 1. The highest BCUT2D eigenvalue weighted by Crippen LogP contribution is 2.32. The van der Waals surface area contributed by atoms with Gasteiger partial charge in [0.05, 0.1) is 11.8 Å². The van der Waals surface area contributed by atoms with Crippen LogP contribution in [0, 0.1) is 0 Å². The van der Waals surface area contributed by atoms with Crippen LogP contribution in [0.1, 0.15) is 24.6 Å². The van der Waals surface area contributed by atoms with Crippen molar-refractivity contribution in [2.24, 2.45) is 7.05 Å². The molecule has 2 rings (SSSR count). The van der Waals surface area contributed by atoms with Gasteiger partial charge >= 0.3 is 0 Å². The van der Waals surface area contributed by atoms with Crippen molar-refractivity contribution in [2.75, 3.05) is 4.43 Å². The number of hydrogen-bond acceptors (Lipinski definition) is 2. The van der Waals surface area contributed by atoms with Crippen molar-refractivity contribution in [1.29, 1.82) is 0 Å². The zero-order chi connectivity index (χ0) is 9.26. The van der Waals surface area contributed by atoms with Crippen LogP contribution in [-0.4, -0.2) is 20.3 Å². The molecule has 1 aliphatic heterocycles. The third-order valence-electron chi connectivity index (χ3n) is 2.34. The zero-order valence-electron chi connectivity index (χ0n) is 7.61. The van der Waals surface area contributed by atoms with Crippen molar-refractivity contribution >= 4 is 22.6 Å². The lowest BCUT2D eigenvalue weighted by Gasteiger charge is -2.08. The minimum absolute atomic E-state index is 0.237. The molecule has 2 unspecified atom stereocenters. The van der Waals surface area contributed by atoms with Gasteiger partial charge < -0.3 is 4.74 Å². The number of hydrogen-bond donors (Lipinski definition) is 0. The first-order valence-corrected chi connectivity index (χ1v) is 6.03. The van der Waals surface area contributed by atoms with E-state index in [1.165, 1.54) is 6.42 Å². The minimum Gasteiger partial charge on any atom is -0.368 e. The average Bonchev–Trinajstić information content (AvgIpc) is 2.71. The molecule has 1 aromatic heterocycles. The summed E-state index contributed by atoms with van der Waals surface area (Å²) in [5, 5.41) is 4.35. The van der Waals surface area contributed by atoms with Crippen LogP contribution in [0.2, 0.25) is 0 Å². The quantitative estimate of drug-likeness (QED) is 0.616. The summed E-state index contributed by atoms with van der Waals surface area (Å²) in [6.45, 7) is 0. The lowest BCUT2D eigenvalue weighted by atomic mass is 10.1. The fraction of sp³-hybridized carbons (Fsp3) is 0.667. The van der Waals surface area contributed by atoms with Crippen molar-refractivity contribution < 1.29 is 4.74 Å². The average molecular weight is 292 g/mol. The Balaban J connectivity index is 2.03. The number of ether oxygens (including phenoxy) is 1. The van der Waals surface area contributed by atoms with Crippen LogP contribution in [0.4, 0.5) is 0 Å². The number of aromatic nitrogens is 2. The smallest absolute Gasteiger partial charge is 0.102 e. The summed E-state index contributed by atoms with van der Waals surface area (Å²) in [5.41, 5.74) is 1.08. The molecule has 72 valence electrons. The molecule has 0 N–H and O–H groups in total. The second-order valence-electron chi connectivity index (χ2n) is 3.39. The van der Waals surface area contributed by atoms with Gasteiger partial charge in [-0.25, -0.2) is 0 Å². The van der Waals surface area contributed by atoms with Crippen LogP contribution in [0.15, 0.2) is 12.3 Å². The zero-order valence-corrected chi connectivity index (χ0v) is 9.77. The minimum atomic E-state index is 0.237.